The summed E-state index contributed by atoms with van der Waals surface area (Å²) >= 11 is 0. The lowest BCUT2D eigenvalue weighted by Crippen LogP contribution is -2.42. The number of ether oxygens (including phenoxy) is 2. The summed E-state index contributed by atoms with van der Waals surface area (Å²) in [6, 6.07) is 0. The van der Waals surface area contributed by atoms with E-state index >= 15 is 0 Å². The Kier molecular flexibility index (Phi) is 3.63. The van der Waals surface area contributed by atoms with Crippen LogP contribution in [0.1, 0.15) is 25.7 Å². The van der Waals surface area contributed by atoms with Crippen molar-refractivity contribution in [3.63, 3.8) is 0 Å². The van der Waals surface area contributed by atoms with E-state index in [2.05, 4.69) is 11.7 Å². The third kappa shape index (κ3) is 1.95. The first kappa shape index (κ1) is 11.2. The highest BCUT2D eigenvalue weighted by atomic mass is 16.5. The molecule has 1 saturated carbocycles. The standard InChI is InChI=1S/C10H17NO3/c1-11-10(9(12)14-3)6-4-8(13-2)5-7-10/h8H,1,4-7H2,2-3H3. The van der Waals surface area contributed by atoms with Crippen LogP contribution in [-0.2, 0) is 14.3 Å². The second kappa shape index (κ2) is 4.55. The number of hydrogen-bond donors (Lipinski definition) is 0. The molecule has 0 aromatic rings. The lowest BCUT2D eigenvalue weighted by atomic mass is 9.81. The molecule has 0 spiro atoms. The van der Waals surface area contributed by atoms with Crippen molar-refractivity contribution >= 4 is 12.7 Å². The molecule has 0 radical (unpaired) electrons. The Bertz CT molecular complexity index is 219. The Hall–Kier alpha value is -0.900. The number of carbonyl (C=O) groups excluding carboxylic acids is 1. The topological polar surface area (TPSA) is 47.9 Å². The van der Waals surface area contributed by atoms with E-state index in [0.717, 1.165) is 12.8 Å². The molecule has 0 bridgehead atoms. The van der Waals surface area contributed by atoms with Crippen LogP contribution in [0.4, 0.5) is 0 Å². The third-order valence-corrected chi connectivity index (χ3v) is 2.96. The maximum atomic E-state index is 11.5. The summed E-state index contributed by atoms with van der Waals surface area (Å²) in [5, 5.41) is 0. The number of hydrogen-bond acceptors (Lipinski definition) is 4. The Labute approximate surface area is 84.3 Å². The molecule has 4 heteroatoms. The molecule has 1 rings (SSSR count). The highest BCUT2D eigenvalue weighted by Gasteiger charge is 2.41. The largest absolute Gasteiger partial charge is 0.467 e. The van der Waals surface area contributed by atoms with E-state index in [0.29, 0.717) is 12.8 Å². The first-order chi connectivity index (χ1) is 6.68. The van der Waals surface area contributed by atoms with Gasteiger partial charge in [0.25, 0.3) is 0 Å². The maximum Gasteiger partial charge on any atom is 0.333 e. The van der Waals surface area contributed by atoms with Crippen molar-refractivity contribution < 1.29 is 14.3 Å². The summed E-state index contributed by atoms with van der Waals surface area (Å²) in [6.45, 7) is 3.48. The highest BCUT2D eigenvalue weighted by Crippen LogP contribution is 2.33. The molecule has 0 amide bonds. The lowest BCUT2D eigenvalue weighted by molar-refractivity contribution is -0.149. The normalized spacial score (nSPS) is 32.3. The van der Waals surface area contributed by atoms with Crippen LogP contribution in [0.15, 0.2) is 4.99 Å². The van der Waals surface area contributed by atoms with Gasteiger partial charge in [-0.25, -0.2) is 4.79 Å². The SMILES string of the molecule is C=NC1(C(=O)OC)CCC(OC)CC1. The van der Waals surface area contributed by atoms with E-state index in [1.54, 1.807) is 7.11 Å². The van der Waals surface area contributed by atoms with Crippen molar-refractivity contribution in [2.24, 2.45) is 4.99 Å². The minimum atomic E-state index is -0.718. The van der Waals surface area contributed by atoms with Crippen LogP contribution in [0.25, 0.3) is 0 Å². The maximum absolute atomic E-state index is 11.5. The highest BCUT2D eigenvalue weighted by molar-refractivity contribution is 5.81. The molecule has 1 fully saturated rings. The third-order valence-electron chi connectivity index (χ3n) is 2.96. The Morgan fingerprint density at radius 2 is 2.00 bits per heavy atom. The molecule has 1 aliphatic rings. The molecule has 0 saturated heterocycles. The van der Waals surface area contributed by atoms with E-state index < -0.39 is 5.54 Å². The molecule has 0 aromatic heterocycles. The minimum absolute atomic E-state index is 0.245. The molecular weight excluding hydrogens is 182 g/mol. The first-order valence-corrected chi connectivity index (χ1v) is 4.77. The van der Waals surface area contributed by atoms with Gasteiger partial charge in [0.15, 0.2) is 5.54 Å². The van der Waals surface area contributed by atoms with Gasteiger partial charge in [0.2, 0.25) is 0 Å². The number of methoxy groups -OCH3 is 2. The summed E-state index contributed by atoms with van der Waals surface area (Å²) in [5.74, 6) is -0.276. The van der Waals surface area contributed by atoms with E-state index in [9.17, 15) is 4.79 Å². The Balaban J connectivity index is 2.66. The van der Waals surface area contributed by atoms with Gasteiger partial charge in [-0.05, 0) is 32.4 Å². The van der Waals surface area contributed by atoms with Crippen molar-refractivity contribution in [1.29, 1.82) is 0 Å². The predicted octanol–water partition coefficient (Wildman–Crippen LogP) is 1.19. The van der Waals surface area contributed by atoms with Crippen LogP contribution < -0.4 is 0 Å². The molecule has 0 aromatic carbocycles. The van der Waals surface area contributed by atoms with Gasteiger partial charge >= 0.3 is 5.97 Å². The molecule has 0 unspecified atom stereocenters. The molecule has 0 heterocycles. The van der Waals surface area contributed by atoms with Gasteiger partial charge in [0.1, 0.15) is 0 Å². The molecular formula is C10H17NO3. The van der Waals surface area contributed by atoms with Gasteiger partial charge in [0, 0.05) is 7.11 Å². The van der Waals surface area contributed by atoms with Gasteiger partial charge in [-0.15, -0.1) is 0 Å². The summed E-state index contributed by atoms with van der Waals surface area (Å²) in [5.41, 5.74) is -0.718. The minimum Gasteiger partial charge on any atom is -0.467 e. The van der Waals surface area contributed by atoms with Crippen LogP contribution in [-0.4, -0.2) is 38.5 Å². The zero-order valence-electron chi connectivity index (χ0n) is 8.78. The fourth-order valence-electron chi connectivity index (χ4n) is 1.92. The van der Waals surface area contributed by atoms with Crippen molar-refractivity contribution in [1.82, 2.24) is 0 Å². The second-order valence-electron chi connectivity index (χ2n) is 3.62. The smallest absolute Gasteiger partial charge is 0.333 e. The van der Waals surface area contributed by atoms with Gasteiger partial charge in [-0.3, -0.25) is 4.99 Å². The summed E-state index contributed by atoms with van der Waals surface area (Å²) in [7, 11) is 3.08. The second-order valence-corrected chi connectivity index (χ2v) is 3.62. The van der Waals surface area contributed by atoms with Crippen LogP contribution in [0.2, 0.25) is 0 Å². The van der Waals surface area contributed by atoms with Crippen LogP contribution in [0.5, 0.6) is 0 Å². The van der Waals surface area contributed by atoms with E-state index in [4.69, 9.17) is 9.47 Å². The van der Waals surface area contributed by atoms with Crippen LogP contribution in [0.3, 0.4) is 0 Å². The van der Waals surface area contributed by atoms with E-state index in [1.807, 2.05) is 0 Å². The fraction of sp³-hybridized carbons (Fsp3) is 0.800. The Morgan fingerprint density at radius 3 is 2.36 bits per heavy atom. The average Bonchev–Trinajstić information content (AvgIpc) is 2.28. The quantitative estimate of drug-likeness (QED) is 0.506. The molecule has 14 heavy (non-hydrogen) atoms. The van der Waals surface area contributed by atoms with Crippen molar-refractivity contribution in [3.8, 4) is 0 Å². The summed E-state index contributed by atoms with van der Waals surface area (Å²) in [4.78, 5) is 15.5. The number of aliphatic imine (C=N–C) groups is 1. The molecule has 0 N–H and O–H groups in total. The zero-order chi connectivity index (χ0) is 10.6. The molecule has 1 aliphatic carbocycles. The number of carbonyl (C=O) groups is 1. The molecule has 80 valence electrons. The van der Waals surface area contributed by atoms with Crippen molar-refractivity contribution in [2.75, 3.05) is 14.2 Å². The van der Waals surface area contributed by atoms with Gasteiger partial charge < -0.3 is 9.47 Å². The number of rotatable bonds is 3. The molecule has 0 atom stereocenters. The van der Waals surface area contributed by atoms with Crippen LogP contribution >= 0.6 is 0 Å². The average molecular weight is 199 g/mol. The fourth-order valence-corrected chi connectivity index (χ4v) is 1.92. The van der Waals surface area contributed by atoms with Crippen molar-refractivity contribution in [2.45, 2.75) is 37.3 Å². The lowest BCUT2D eigenvalue weighted by Gasteiger charge is -2.33. The number of nitrogens with zero attached hydrogens (tertiary/aromatic N) is 1. The summed E-state index contributed by atoms with van der Waals surface area (Å²) in [6.07, 6.45) is 3.26. The van der Waals surface area contributed by atoms with E-state index in [-0.39, 0.29) is 12.1 Å². The van der Waals surface area contributed by atoms with Crippen LogP contribution in [0, 0.1) is 0 Å². The molecule has 0 aliphatic heterocycles. The zero-order valence-corrected chi connectivity index (χ0v) is 8.78. The van der Waals surface area contributed by atoms with Crippen molar-refractivity contribution in [3.05, 3.63) is 0 Å². The monoisotopic (exact) mass is 199 g/mol. The molecule has 4 nitrogen and oxygen atoms in total. The van der Waals surface area contributed by atoms with Gasteiger partial charge in [-0.1, -0.05) is 0 Å². The number of esters is 1. The van der Waals surface area contributed by atoms with Gasteiger partial charge in [0.05, 0.1) is 13.2 Å². The summed E-state index contributed by atoms with van der Waals surface area (Å²) < 4.78 is 9.97. The van der Waals surface area contributed by atoms with Gasteiger partial charge in [-0.2, -0.15) is 0 Å². The first-order valence-electron chi connectivity index (χ1n) is 4.77. The predicted molar refractivity (Wildman–Crippen MR) is 53.6 cm³/mol. The Morgan fingerprint density at radius 1 is 1.43 bits per heavy atom. The van der Waals surface area contributed by atoms with E-state index in [1.165, 1.54) is 7.11 Å².